The van der Waals surface area contributed by atoms with Crippen LogP contribution in [-0.2, 0) is 32.9 Å². The van der Waals surface area contributed by atoms with Gasteiger partial charge in [-0.15, -0.1) is 0 Å². The summed E-state index contributed by atoms with van der Waals surface area (Å²) in [7, 11) is 1.50. The number of ether oxygens (including phenoxy) is 2. The van der Waals surface area contributed by atoms with Gasteiger partial charge in [-0.1, -0.05) is 30.8 Å². The summed E-state index contributed by atoms with van der Waals surface area (Å²) >= 11 is 0. The van der Waals surface area contributed by atoms with Crippen LogP contribution in [0, 0.1) is 0 Å². The smallest absolute Gasteiger partial charge is 0.417 e. The number of amides is 5. The molecule has 2 spiro atoms. The van der Waals surface area contributed by atoms with Crippen molar-refractivity contribution in [3.8, 4) is 0 Å². The zero-order chi connectivity index (χ0) is 37.5. The van der Waals surface area contributed by atoms with E-state index in [-0.39, 0.29) is 30.0 Å². The maximum Gasteiger partial charge on any atom is 0.417 e. The summed E-state index contributed by atoms with van der Waals surface area (Å²) in [5.74, 6) is -0.386. The van der Waals surface area contributed by atoms with E-state index in [4.69, 9.17) is 25.4 Å². The molecular formula is C35H53ClN4O10S. The number of nitrogens with zero attached hydrogens (tertiary/aromatic N) is 3. The first kappa shape index (κ1) is 43.4. The van der Waals surface area contributed by atoms with Gasteiger partial charge < -0.3 is 20.0 Å². The van der Waals surface area contributed by atoms with Crippen LogP contribution in [0.1, 0.15) is 120 Å². The summed E-state index contributed by atoms with van der Waals surface area (Å²) in [5.41, 5.74) is -1.53. The van der Waals surface area contributed by atoms with Gasteiger partial charge in [0.15, 0.2) is 0 Å². The van der Waals surface area contributed by atoms with Crippen LogP contribution in [-0.4, -0.2) is 87.9 Å². The predicted molar refractivity (Wildman–Crippen MR) is 191 cm³/mol. The monoisotopic (exact) mass is 756 g/mol. The van der Waals surface area contributed by atoms with Crippen LogP contribution in [0.15, 0.2) is 40.4 Å². The molecule has 0 radical (unpaired) electrons. The van der Waals surface area contributed by atoms with Crippen molar-refractivity contribution < 1.29 is 47.1 Å². The molecule has 2 N–H and O–H groups in total. The van der Waals surface area contributed by atoms with Crippen LogP contribution in [0.5, 0.6) is 0 Å². The fourth-order valence-electron chi connectivity index (χ4n) is 6.49. The molecule has 14 nitrogen and oxygen atoms in total. The van der Waals surface area contributed by atoms with E-state index in [0.29, 0.717) is 77.2 Å². The van der Waals surface area contributed by atoms with Crippen molar-refractivity contribution in [3.63, 3.8) is 0 Å². The van der Waals surface area contributed by atoms with E-state index in [0.717, 1.165) is 5.71 Å². The first-order chi connectivity index (χ1) is 23.1. The Balaban J connectivity index is 0.000000277. The second kappa shape index (κ2) is 17.2. The minimum absolute atomic E-state index is 0. The number of oxime groups is 1. The lowest BCUT2D eigenvalue weighted by Crippen LogP contribution is -2.52. The van der Waals surface area contributed by atoms with Gasteiger partial charge in [0.1, 0.15) is 11.2 Å². The van der Waals surface area contributed by atoms with Gasteiger partial charge in [-0.3, -0.25) is 14.4 Å². The van der Waals surface area contributed by atoms with Crippen molar-refractivity contribution in [1.29, 1.82) is 0 Å². The molecule has 286 valence electrons. The molecule has 3 aliphatic heterocycles. The molecule has 3 saturated heterocycles. The largest absolute Gasteiger partial charge is 0.443 e. The Morgan fingerprint density at radius 3 is 1.57 bits per heavy atom. The third-order valence-electron chi connectivity index (χ3n) is 8.86. The van der Waals surface area contributed by atoms with Crippen LogP contribution < -0.4 is 5.32 Å². The molecule has 5 rings (SSSR count). The molecule has 1 aromatic carbocycles. The number of hydrogen-bond acceptors (Lipinski definition) is 11. The molecule has 1 saturated carbocycles. The molecule has 51 heavy (non-hydrogen) atoms. The fraction of sp³-hybridized carbons (Fsp3) is 0.657. The highest BCUT2D eigenvalue weighted by molar-refractivity contribution is 8.13. The first-order valence-electron chi connectivity index (χ1n) is 16.7. The molecule has 16 heteroatoms. The van der Waals surface area contributed by atoms with Gasteiger partial charge in [0, 0.05) is 36.5 Å². The number of nitrogens with one attached hydrogen (secondary N) is 1. The number of likely N-dealkylation sites (tertiary alicyclic amines) is 2. The van der Waals surface area contributed by atoms with E-state index < -0.39 is 43.5 Å². The molecular weight excluding hydrogens is 704 g/mol. The van der Waals surface area contributed by atoms with Crippen molar-refractivity contribution in [2.45, 2.75) is 147 Å². The molecule has 4 fully saturated rings. The van der Waals surface area contributed by atoms with Crippen molar-refractivity contribution in [1.82, 2.24) is 15.1 Å². The Morgan fingerprint density at radius 2 is 1.18 bits per heavy atom. The summed E-state index contributed by atoms with van der Waals surface area (Å²) in [4.78, 5) is 63.0. The Hall–Kier alpha value is -3.72. The highest BCUT2D eigenvalue weighted by atomic mass is 35.7. The van der Waals surface area contributed by atoms with E-state index >= 15 is 0 Å². The van der Waals surface area contributed by atoms with Gasteiger partial charge in [0.05, 0.1) is 21.7 Å². The summed E-state index contributed by atoms with van der Waals surface area (Å²) in [5, 5.41) is 14.9. The second-order valence-corrected chi connectivity index (χ2v) is 17.5. The normalized spacial score (nSPS) is 23.6. The maximum absolute atomic E-state index is 12.3. The van der Waals surface area contributed by atoms with E-state index in [2.05, 4.69) is 10.5 Å². The average Bonchev–Trinajstić information content (AvgIpc) is 3.43. The van der Waals surface area contributed by atoms with Crippen LogP contribution in [0.25, 0.3) is 0 Å². The van der Waals surface area contributed by atoms with Gasteiger partial charge in [0.2, 0.25) is 17.7 Å². The van der Waals surface area contributed by atoms with Crippen molar-refractivity contribution >= 4 is 55.4 Å². The highest BCUT2D eigenvalue weighted by Gasteiger charge is 2.52. The number of carbonyl (C=O) groups is 5. The number of hydrogen-bond donors (Lipinski definition) is 2. The third kappa shape index (κ3) is 11.9. The minimum Gasteiger partial charge on any atom is -0.443 e. The molecule has 1 aromatic rings. The van der Waals surface area contributed by atoms with Gasteiger partial charge >= 0.3 is 12.2 Å². The molecule has 0 aromatic heterocycles. The van der Waals surface area contributed by atoms with Crippen molar-refractivity contribution in [2.75, 3.05) is 6.54 Å². The topological polar surface area (TPSA) is 189 Å². The Labute approximate surface area is 305 Å². The zero-order valence-electron chi connectivity index (χ0n) is 29.6. The number of halogens is 1. The standard InChI is InChI=1S/2C14H22N2O4.C6H5ClO2S.CH4/c1-13(2,3)20-12(18)16-11(17)6-9-14(16)7-4-10(15-19)5-8-14;1-13(2,3)20-12(19)16-11(18)5-7-14(16)6-4-10(17)15-9-8-14;7-10(8,9)6-4-2-1-3-5-6;/h19H,4-9H2,1-3H3;4-9H2,1-3H3,(H,15,17);1-5H;1H4. The third-order valence-corrected chi connectivity index (χ3v) is 10.2. The molecule has 1 unspecified atom stereocenters. The molecule has 4 aliphatic rings. The van der Waals surface area contributed by atoms with Crippen LogP contribution in [0.2, 0.25) is 0 Å². The molecule has 5 amide bonds. The second-order valence-electron chi connectivity index (χ2n) is 14.9. The highest BCUT2D eigenvalue weighted by Crippen LogP contribution is 2.42. The van der Waals surface area contributed by atoms with Crippen molar-refractivity contribution in [3.05, 3.63) is 30.3 Å². The maximum atomic E-state index is 12.3. The first-order valence-corrected chi connectivity index (χ1v) is 19.0. The summed E-state index contributed by atoms with van der Waals surface area (Å²) in [6.07, 6.45) is 4.85. The molecule has 3 heterocycles. The van der Waals surface area contributed by atoms with E-state index in [1.807, 2.05) is 0 Å². The number of benzene rings is 1. The Kier molecular flexibility index (Phi) is 14.6. The Bertz CT molecular complexity index is 1560. The van der Waals surface area contributed by atoms with Crippen LogP contribution >= 0.6 is 10.7 Å². The van der Waals surface area contributed by atoms with Crippen molar-refractivity contribution in [2.24, 2.45) is 5.16 Å². The minimum atomic E-state index is -3.53. The number of carbonyl (C=O) groups excluding carboxylic acids is 5. The van der Waals surface area contributed by atoms with Crippen LogP contribution in [0.4, 0.5) is 9.59 Å². The zero-order valence-corrected chi connectivity index (χ0v) is 31.2. The van der Waals surface area contributed by atoms with Gasteiger partial charge in [-0.2, -0.15) is 0 Å². The fourth-order valence-corrected chi connectivity index (χ4v) is 7.28. The summed E-state index contributed by atoms with van der Waals surface area (Å²) in [6.45, 7) is 11.2. The lowest BCUT2D eigenvalue weighted by atomic mass is 9.79. The SMILES string of the molecule is C.CC(C)(C)OC(=O)N1C(=O)CCC12CCC(=NO)CC2.CC(C)(C)OC(=O)N1C(=O)CCC12CCNC(=O)CC2.O=S(=O)(Cl)c1ccccc1. The average molecular weight is 757 g/mol. The summed E-state index contributed by atoms with van der Waals surface area (Å²) < 4.78 is 31.9. The lowest BCUT2D eigenvalue weighted by Gasteiger charge is -2.40. The van der Waals surface area contributed by atoms with Crippen LogP contribution in [0.3, 0.4) is 0 Å². The van der Waals surface area contributed by atoms with E-state index in [1.165, 1.54) is 21.9 Å². The number of imide groups is 2. The van der Waals surface area contributed by atoms with Gasteiger partial charge in [-0.25, -0.2) is 27.8 Å². The molecule has 0 bridgehead atoms. The summed E-state index contributed by atoms with van der Waals surface area (Å²) in [6, 6.07) is 7.86. The van der Waals surface area contributed by atoms with E-state index in [1.54, 1.807) is 59.7 Å². The van der Waals surface area contributed by atoms with Gasteiger partial charge in [-0.05, 0) is 105 Å². The quantitative estimate of drug-likeness (QED) is 0.181. The Morgan fingerprint density at radius 1 is 0.765 bits per heavy atom. The molecule has 1 aliphatic carbocycles. The number of rotatable bonds is 1. The van der Waals surface area contributed by atoms with E-state index in [9.17, 15) is 32.4 Å². The van der Waals surface area contributed by atoms with Gasteiger partial charge in [0.25, 0.3) is 9.05 Å². The lowest BCUT2D eigenvalue weighted by molar-refractivity contribution is -0.131. The molecule has 1 atom stereocenters. The predicted octanol–water partition coefficient (Wildman–Crippen LogP) is 6.52.